The van der Waals surface area contributed by atoms with Crippen molar-refractivity contribution in [2.45, 2.75) is 0 Å². The van der Waals surface area contributed by atoms with Gasteiger partial charge < -0.3 is 18.9 Å². The van der Waals surface area contributed by atoms with Gasteiger partial charge in [-0.2, -0.15) is 0 Å². The van der Waals surface area contributed by atoms with Crippen LogP contribution in [0.15, 0.2) is 36.4 Å². The first kappa shape index (κ1) is 15.6. The Bertz CT molecular complexity index is 630. The van der Waals surface area contributed by atoms with E-state index < -0.39 is 11.9 Å². The Balaban J connectivity index is 2.33. The molecule has 0 saturated heterocycles. The van der Waals surface area contributed by atoms with E-state index in [4.69, 9.17) is 14.2 Å². The maximum atomic E-state index is 11.9. The molecule has 116 valence electrons. The van der Waals surface area contributed by atoms with E-state index in [2.05, 4.69) is 4.74 Å². The fourth-order valence-electron chi connectivity index (χ4n) is 1.89. The van der Waals surface area contributed by atoms with Gasteiger partial charge in [0.2, 0.25) is 0 Å². The largest absolute Gasteiger partial charge is 0.486 e. The van der Waals surface area contributed by atoms with Gasteiger partial charge in [-0.15, -0.1) is 0 Å². The van der Waals surface area contributed by atoms with Gasteiger partial charge in [-0.1, -0.05) is 12.1 Å². The Labute approximate surface area is 127 Å². The average molecular weight is 304 g/mol. The number of allylic oxidation sites excluding steroid dienone is 2. The molecule has 0 radical (unpaired) electrons. The highest BCUT2D eigenvalue weighted by atomic mass is 16.6. The molecule has 0 fully saturated rings. The maximum Gasteiger partial charge on any atom is 0.338 e. The molecule has 0 N–H and O–H groups in total. The van der Waals surface area contributed by atoms with Gasteiger partial charge in [0.15, 0.2) is 11.5 Å². The number of fused-ring (bicyclic) bond motifs is 1. The van der Waals surface area contributed by atoms with E-state index in [1.807, 2.05) is 0 Å². The normalized spacial score (nSPS) is 13.8. The molecule has 6 nitrogen and oxygen atoms in total. The summed E-state index contributed by atoms with van der Waals surface area (Å²) in [6.07, 6.45) is 4.12. The van der Waals surface area contributed by atoms with E-state index in [1.165, 1.54) is 32.4 Å². The molecular weight excluding hydrogens is 288 g/mol. The van der Waals surface area contributed by atoms with Crippen LogP contribution in [0.3, 0.4) is 0 Å². The summed E-state index contributed by atoms with van der Waals surface area (Å²) in [6.45, 7) is 0.948. The van der Waals surface area contributed by atoms with Gasteiger partial charge in [-0.25, -0.2) is 9.59 Å². The Hall–Kier alpha value is -2.76. The summed E-state index contributed by atoms with van der Waals surface area (Å²) >= 11 is 0. The first-order valence-electron chi connectivity index (χ1n) is 6.60. The van der Waals surface area contributed by atoms with Gasteiger partial charge in [0.05, 0.1) is 19.8 Å². The summed E-state index contributed by atoms with van der Waals surface area (Å²) in [5, 5.41) is 0. The molecule has 0 amide bonds. The van der Waals surface area contributed by atoms with Crippen molar-refractivity contribution in [3.8, 4) is 11.5 Å². The lowest BCUT2D eigenvalue weighted by Crippen LogP contribution is -2.15. The highest BCUT2D eigenvalue weighted by molar-refractivity contribution is 6.17. The van der Waals surface area contributed by atoms with Crippen molar-refractivity contribution < 1.29 is 28.5 Å². The van der Waals surface area contributed by atoms with Crippen LogP contribution in [-0.2, 0) is 19.1 Å². The van der Waals surface area contributed by atoms with Crippen LogP contribution in [0.1, 0.15) is 5.56 Å². The summed E-state index contributed by atoms with van der Waals surface area (Å²) in [4.78, 5) is 23.0. The predicted octanol–water partition coefficient (Wildman–Crippen LogP) is 1.74. The molecule has 0 aromatic heterocycles. The van der Waals surface area contributed by atoms with Crippen LogP contribution in [0.4, 0.5) is 0 Å². The molecule has 0 bridgehead atoms. The maximum absolute atomic E-state index is 11.9. The predicted molar refractivity (Wildman–Crippen MR) is 78.6 cm³/mol. The van der Waals surface area contributed by atoms with Crippen molar-refractivity contribution in [2.75, 3.05) is 27.4 Å². The summed E-state index contributed by atoms with van der Waals surface area (Å²) in [5.41, 5.74) is 0.894. The van der Waals surface area contributed by atoms with E-state index in [0.29, 0.717) is 35.8 Å². The fourth-order valence-corrected chi connectivity index (χ4v) is 1.89. The Morgan fingerprint density at radius 1 is 1.09 bits per heavy atom. The summed E-state index contributed by atoms with van der Waals surface area (Å²) in [5.74, 6) is 0.161. The minimum Gasteiger partial charge on any atom is -0.486 e. The molecule has 1 aromatic rings. The third kappa shape index (κ3) is 3.66. The minimum absolute atomic E-state index is 0.291. The molecule has 0 spiro atoms. The summed E-state index contributed by atoms with van der Waals surface area (Å²) < 4.78 is 20.2. The number of hydrogen-bond acceptors (Lipinski definition) is 6. The second-order valence-electron chi connectivity index (χ2n) is 4.31. The van der Waals surface area contributed by atoms with Crippen LogP contribution in [0, 0.1) is 0 Å². The summed E-state index contributed by atoms with van der Waals surface area (Å²) in [6, 6.07) is 5.15. The Kier molecular flexibility index (Phi) is 5.19. The number of methoxy groups -OCH3 is 2. The van der Waals surface area contributed by atoms with Crippen molar-refractivity contribution in [1.82, 2.24) is 0 Å². The van der Waals surface area contributed by atoms with Crippen molar-refractivity contribution >= 4 is 17.5 Å². The van der Waals surface area contributed by atoms with Crippen LogP contribution < -0.4 is 9.47 Å². The first-order valence-corrected chi connectivity index (χ1v) is 6.60. The summed E-state index contributed by atoms with van der Waals surface area (Å²) in [7, 11) is 2.57. The third-order valence-electron chi connectivity index (χ3n) is 2.95. The number of hydrogen-bond donors (Lipinski definition) is 0. The van der Waals surface area contributed by atoms with Crippen LogP contribution >= 0.6 is 0 Å². The minimum atomic E-state index is -0.522. The monoisotopic (exact) mass is 304 g/mol. The first-order chi connectivity index (χ1) is 10.7. The van der Waals surface area contributed by atoms with E-state index in [0.717, 1.165) is 0 Å². The van der Waals surface area contributed by atoms with E-state index in [1.54, 1.807) is 18.2 Å². The lowest BCUT2D eigenvalue weighted by Gasteiger charge is -2.19. The molecule has 22 heavy (non-hydrogen) atoms. The molecule has 0 saturated carbocycles. The van der Waals surface area contributed by atoms with Crippen LogP contribution in [-0.4, -0.2) is 39.4 Å². The van der Waals surface area contributed by atoms with Gasteiger partial charge in [0, 0.05) is 6.08 Å². The molecular formula is C16H16O6. The SMILES string of the molecule is COC(=O)C=CC=C(C(=O)OC)c1ccc2c(c1)OCCO2. The topological polar surface area (TPSA) is 71.1 Å². The van der Waals surface area contributed by atoms with E-state index >= 15 is 0 Å². The van der Waals surface area contributed by atoms with E-state index in [-0.39, 0.29) is 0 Å². The molecule has 0 atom stereocenters. The van der Waals surface area contributed by atoms with Gasteiger partial charge >= 0.3 is 11.9 Å². The number of carbonyl (C=O) groups excluding carboxylic acids is 2. The van der Waals surface area contributed by atoms with Gasteiger partial charge in [0.25, 0.3) is 0 Å². The second kappa shape index (κ2) is 7.31. The molecule has 1 heterocycles. The van der Waals surface area contributed by atoms with Crippen LogP contribution in [0.25, 0.3) is 5.57 Å². The zero-order chi connectivity index (χ0) is 15.9. The van der Waals surface area contributed by atoms with Crippen LogP contribution in [0.5, 0.6) is 11.5 Å². The Morgan fingerprint density at radius 2 is 1.82 bits per heavy atom. The van der Waals surface area contributed by atoms with Crippen molar-refractivity contribution in [3.63, 3.8) is 0 Å². The number of carbonyl (C=O) groups is 2. The van der Waals surface area contributed by atoms with Crippen LogP contribution in [0.2, 0.25) is 0 Å². The van der Waals surface area contributed by atoms with Crippen molar-refractivity contribution in [2.24, 2.45) is 0 Å². The highest BCUT2D eigenvalue weighted by Gasteiger charge is 2.17. The Morgan fingerprint density at radius 3 is 2.50 bits per heavy atom. The quantitative estimate of drug-likeness (QED) is 0.479. The molecule has 6 heteroatoms. The van der Waals surface area contributed by atoms with Gasteiger partial charge in [-0.05, 0) is 23.8 Å². The standard InChI is InChI=1S/C16H16O6/c1-19-15(17)5-3-4-12(16(18)20-2)11-6-7-13-14(10-11)22-9-8-21-13/h3-7,10H,8-9H2,1-2H3. The molecule has 1 aromatic carbocycles. The van der Waals surface area contributed by atoms with Gasteiger partial charge in [0.1, 0.15) is 13.2 Å². The number of esters is 2. The zero-order valence-corrected chi connectivity index (χ0v) is 12.3. The van der Waals surface area contributed by atoms with Gasteiger partial charge in [-0.3, -0.25) is 0 Å². The number of benzene rings is 1. The van der Waals surface area contributed by atoms with E-state index in [9.17, 15) is 9.59 Å². The highest BCUT2D eigenvalue weighted by Crippen LogP contribution is 2.33. The van der Waals surface area contributed by atoms with Crippen molar-refractivity contribution in [3.05, 3.63) is 42.0 Å². The average Bonchev–Trinajstić information content (AvgIpc) is 2.57. The third-order valence-corrected chi connectivity index (χ3v) is 2.95. The molecule has 2 rings (SSSR count). The van der Waals surface area contributed by atoms with Crippen molar-refractivity contribution in [1.29, 1.82) is 0 Å². The number of ether oxygens (including phenoxy) is 4. The second-order valence-corrected chi connectivity index (χ2v) is 4.31. The molecule has 1 aliphatic heterocycles. The number of rotatable bonds is 4. The fraction of sp³-hybridized carbons (Fsp3) is 0.250. The smallest absolute Gasteiger partial charge is 0.338 e. The molecule has 0 unspecified atom stereocenters. The lowest BCUT2D eigenvalue weighted by molar-refractivity contribution is -0.135. The lowest BCUT2D eigenvalue weighted by atomic mass is 10.0. The molecule has 1 aliphatic rings. The zero-order valence-electron chi connectivity index (χ0n) is 12.3. The molecule has 0 aliphatic carbocycles.